The van der Waals surface area contributed by atoms with E-state index in [2.05, 4.69) is 89.9 Å². The van der Waals surface area contributed by atoms with Gasteiger partial charge >= 0.3 is 0 Å². The van der Waals surface area contributed by atoms with E-state index >= 15 is 0 Å². The van der Waals surface area contributed by atoms with Crippen molar-refractivity contribution in [2.75, 3.05) is 0 Å². The minimum absolute atomic E-state index is 0.225. The highest BCUT2D eigenvalue weighted by molar-refractivity contribution is 9.10. The first-order chi connectivity index (χ1) is 8.77. The molecule has 0 spiro atoms. The van der Waals surface area contributed by atoms with Crippen LogP contribution in [0, 0.1) is 6.92 Å². The SMILES string of the molecule is Cc1cc(Br)cc(C(Br)c2ccc(C(C)(C)C)s2)c1. The van der Waals surface area contributed by atoms with Crippen LogP contribution in [0.2, 0.25) is 0 Å². The lowest BCUT2D eigenvalue weighted by atomic mass is 9.95. The molecule has 1 aromatic carbocycles. The van der Waals surface area contributed by atoms with Crippen molar-refractivity contribution in [3.05, 3.63) is 55.7 Å². The summed E-state index contributed by atoms with van der Waals surface area (Å²) in [4.78, 5) is 3.06. The number of rotatable bonds is 2. The van der Waals surface area contributed by atoms with E-state index in [0.717, 1.165) is 4.47 Å². The van der Waals surface area contributed by atoms with Crippen LogP contribution >= 0.6 is 43.2 Å². The molecule has 0 radical (unpaired) electrons. The minimum Gasteiger partial charge on any atom is -0.143 e. The fraction of sp³-hybridized carbons (Fsp3) is 0.375. The Morgan fingerprint density at radius 3 is 2.32 bits per heavy atom. The first-order valence-electron chi connectivity index (χ1n) is 6.29. The average molecular weight is 402 g/mol. The molecule has 1 heterocycles. The molecule has 0 saturated heterocycles. The van der Waals surface area contributed by atoms with E-state index in [1.165, 1.54) is 20.9 Å². The predicted octanol–water partition coefficient (Wildman–Crippen LogP) is 6.60. The third kappa shape index (κ3) is 3.71. The van der Waals surface area contributed by atoms with Crippen LogP contribution in [0.15, 0.2) is 34.8 Å². The fourth-order valence-electron chi connectivity index (χ4n) is 1.97. The van der Waals surface area contributed by atoms with Crippen molar-refractivity contribution in [1.29, 1.82) is 0 Å². The lowest BCUT2D eigenvalue weighted by Crippen LogP contribution is -2.07. The largest absolute Gasteiger partial charge is 0.143 e. The van der Waals surface area contributed by atoms with Gasteiger partial charge in [-0.15, -0.1) is 11.3 Å². The Hall–Kier alpha value is -0.120. The summed E-state index contributed by atoms with van der Waals surface area (Å²) < 4.78 is 1.14. The second-order valence-corrected chi connectivity index (χ2v) is 8.82. The van der Waals surface area contributed by atoms with E-state index in [1.807, 2.05) is 11.3 Å². The van der Waals surface area contributed by atoms with Crippen molar-refractivity contribution in [1.82, 2.24) is 0 Å². The minimum atomic E-state index is 0.225. The molecule has 102 valence electrons. The van der Waals surface area contributed by atoms with Crippen molar-refractivity contribution in [2.24, 2.45) is 0 Å². The van der Waals surface area contributed by atoms with E-state index < -0.39 is 0 Å². The first kappa shape index (κ1) is 15.3. The summed E-state index contributed by atoms with van der Waals surface area (Å²) in [5.74, 6) is 0. The predicted molar refractivity (Wildman–Crippen MR) is 92.7 cm³/mol. The molecule has 0 aliphatic rings. The van der Waals surface area contributed by atoms with Crippen LogP contribution < -0.4 is 0 Å². The van der Waals surface area contributed by atoms with Crippen LogP contribution in [-0.2, 0) is 5.41 Å². The topological polar surface area (TPSA) is 0 Å². The number of aryl methyl sites for hydroxylation is 1. The van der Waals surface area contributed by atoms with E-state index in [1.54, 1.807) is 0 Å². The van der Waals surface area contributed by atoms with Crippen LogP contribution in [0.3, 0.4) is 0 Å². The molecule has 1 aromatic heterocycles. The van der Waals surface area contributed by atoms with Gasteiger partial charge in [0.25, 0.3) is 0 Å². The van der Waals surface area contributed by atoms with Gasteiger partial charge in [0.05, 0.1) is 4.83 Å². The van der Waals surface area contributed by atoms with Crippen LogP contribution in [0.25, 0.3) is 0 Å². The molecular weight excluding hydrogens is 384 g/mol. The van der Waals surface area contributed by atoms with E-state index in [-0.39, 0.29) is 10.2 Å². The number of benzene rings is 1. The van der Waals surface area contributed by atoms with Gasteiger partial charge < -0.3 is 0 Å². The Bertz CT molecular complexity index is 558. The molecule has 0 N–H and O–H groups in total. The van der Waals surface area contributed by atoms with Gasteiger partial charge in [0.15, 0.2) is 0 Å². The molecule has 3 heteroatoms. The number of halogens is 2. The summed E-state index contributed by atoms with van der Waals surface area (Å²) in [5, 5.41) is 0. The van der Waals surface area contributed by atoms with Crippen LogP contribution in [-0.4, -0.2) is 0 Å². The molecule has 0 saturated carbocycles. The summed E-state index contributed by atoms with van der Waals surface area (Å²) in [6.07, 6.45) is 0. The standard InChI is InChI=1S/C16H18Br2S/c1-10-7-11(9-12(17)8-10)15(18)13-5-6-14(19-13)16(2,3)4/h5-9,15H,1-4H3. The summed E-state index contributed by atoms with van der Waals surface area (Å²) in [6.45, 7) is 8.91. The quantitative estimate of drug-likeness (QED) is 0.497. The monoisotopic (exact) mass is 400 g/mol. The van der Waals surface area contributed by atoms with Crippen molar-refractivity contribution in [3.8, 4) is 0 Å². The number of hydrogen-bond acceptors (Lipinski definition) is 1. The highest BCUT2D eigenvalue weighted by Crippen LogP contribution is 2.39. The summed E-state index contributed by atoms with van der Waals surface area (Å²) in [7, 11) is 0. The zero-order valence-electron chi connectivity index (χ0n) is 11.6. The molecule has 0 nitrogen and oxygen atoms in total. The highest BCUT2D eigenvalue weighted by atomic mass is 79.9. The van der Waals surface area contributed by atoms with Gasteiger partial charge in [-0.25, -0.2) is 0 Å². The zero-order chi connectivity index (χ0) is 14.2. The lowest BCUT2D eigenvalue weighted by Gasteiger charge is -2.16. The Labute approximate surface area is 136 Å². The van der Waals surface area contributed by atoms with E-state index in [0.29, 0.717) is 0 Å². The maximum Gasteiger partial charge on any atom is 0.0738 e. The number of thiophene rings is 1. The van der Waals surface area contributed by atoms with Gasteiger partial charge in [-0.1, -0.05) is 58.7 Å². The van der Waals surface area contributed by atoms with Crippen molar-refractivity contribution in [3.63, 3.8) is 0 Å². The number of hydrogen-bond donors (Lipinski definition) is 0. The number of alkyl halides is 1. The average Bonchev–Trinajstić information content (AvgIpc) is 2.75. The molecule has 2 rings (SSSR count). The van der Waals surface area contributed by atoms with E-state index in [9.17, 15) is 0 Å². The fourth-order valence-corrected chi connectivity index (χ4v) is 4.36. The van der Waals surface area contributed by atoms with Crippen molar-refractivity contribution in [2.45, 2.75) is 37.9 Å². The van der Waals surface area contributed by atoms with Crippen LogP contribution in [0.1, 0.15) is 46.5 Å². The molecule has 0 aliphatic carbocycles. The van der Waals surface area contributed by atoms with Gasteiger partial charge in [0.1, 0.15) is 0 Å². The Morgan fingerprint density at radius 2 is 1.79 bits per heavy atom. The molecule has 1 unspecified atom stereocenters. The molecule has 1 atom stereocenters. The molecule has 0 fully saturated rings. The first-order valence-corrected chi connectivity index (χ1v) is 8.81. The van der Waals surface area contributed by atoms with Crippen LogP contribution in [0.5, 0.6) is 0 Å². The molecule has 0 aliphatic heterocycles. The lowest BCUT2D eigenvalue weighted by molar-refractivity contribution is 0.604. The molecule has 2 aromatic rings. The highest BCUT2D eigenvalue weighted by Gasteiger charge is 2.19. The second-order valence-electron chi connectivity index (χ2n) is 5.88. The molecule has 0 amide bonds. The maximum atomic E-state index is 3.83. The van der Waals surface area contributed by atoms with Gasteiger partial charge in [0.2, 0.25) is 0 Å². The molecule has 0 bridgehead atoms. The third-order valence-electron chi connectivity index (χ3n) is 2.97. The Morgan fingerprint density at radius 1 is 1.11 bits per heavy atom. The maximum absolute atomic E-state index is 3.83. The summed E-state index contributed by atoms with van der Waals surface area (Å²) in [5.41, 5.74) is 2.80. The summed E-state index contributed by atoms with van der Waals surface area (Å²) >= 11 is 9.30. The van der Waals surface area contributed by atoms with Gasteiger partial charge in [-0.2, -0.15) is 0 Å². The van der Waals surface area contributed by atoms with Crippen molar-refractivity contribution >= 4 is 43.2 Å². The van der Waals surface area contributed by atoms with Gasteiger partial charge in [0, 0.05) is 14.2 Å². The van der Waals surface area contributed by atoms with Gasteiger partial charge in [-0.3, -0.25) is 0 Å². The normalized spacial score (nSPS) is 13.6. The van der Waals surface area contributed by atoms with Gasteiger partial charge in [-0.05, 0) is 47.7 Å². The second kappa shape index (κ2) is 5.71. The zero-order valence-corrected chi connectivity index (χ0v) is 15.6. The smallest absolute Gasteiger partial charge is 0.0738 e. The Kier molecular flexibility index (Phi) is 4.59. The molecule has 19 heavy (non-hydrogen) atoms. The van der Waals surface area contributed by atoms with E-state index in [4.69, 9.17) is 0 Å². The Balaban J connectivity index is 2.33. The van der Waals surface area contributed by atoms with Crippen LogP contribution in [0.4, 0.5) is 0 Å². The summed E-state index contributed by atoms with van der Waals surface area (Å²) in [6, 6.07) is 11.0. The van der Waals surface area contributed by atoms with Crippen molar-refractivity contribution < 1.29 is 0 Å². The molecular formula is C16H18Br2S. The third-order valence-corrected chi connectivity index (χ3v) is 6.33.